The molecule has 96 valence electrons. The summed E-state index contributed by atoms with van der Waals surface area (Å²) in [5, 5.41) is 0. The number of likely N-dealkylation sites (N-methyl/N-ethyl adjacent to an activating group) is 1. The third-order valence-corrected chi connectivity index (χ3v) is 2.91. The maximum absolute atomic E-state index is 12.8. The Bertz CT molecular complexity index is 475. The summed E-state index contributed by atoms with van der Waals surface area (Å²) < 4.78 is 12.8. The van der Waals surface area contributed by atoms with Gasteiger partial charge in [-0.25, -0.2) is 9.18 Å². The highest BCUT2D eigenvalue weighted by Gasteiger charge is 2.30. The molecular formula is C12H14FN3O2. The molecule has 0 aromatic heterocycles. The molecule has 0 atom stereocenters. The first-order valence-corrected chi connectivity index (χ1v) is 5.51. The first kappa shape index (κ1) is 12.3. The van der Waals surface area contributed by atoms with Gasteiger partial charge in [-0.2, -0.15) is 0 Å². The smallest absolute Gasteiger partial charge is 0.326 e. The number of amides is 3. The number of carbonyl (C=O) groups is 2. The summed E-state index contributed by atoms with van der Waals surface area (Å²) in [6.07, 6.45) is 0. The average Bonchev–Trinajstić information content (AvgIpc) is 2.69. The van der Waals surface area contributed by atoms with E-state index in [9.17, 15) is 14.0 Å². The van der Waals surface area contributed by atoms with Gasteiger partial charge in [-0.15, -0.1) is 0 Å². The molecule has 18 heavy (non-hydrogen) atoms. The van der Waals surface area contributed by atoms with E-state index < -0.39 is 0 Å². The molecule has 1 aliphatic heterocycles. The summed E-state index contributed by atoms with van der Waals surface area (Å²) in [5.41, 5.74) is 0.586. The highest BCUT2D eigenvalue weighted by Crippen LogP contribution is 2.16. The van der Waals surface area contributed by atoms with Gasteiger partial charge in [-0.1, -0.05) is 0 Å². The number of anilines is 1. The second kappa shape index (κ2) is 4.64. The van der Waals surface area contributed by atoms with Crippen molar-refractivity contribution in [1.82, 2.24) is 9.80 Å². The van der Waals surface area contributed by atoms with Gasteiger partial charge in [0.25, 0.3) is 0 Å². The van der Waals surface area contributed by atoms with Crippen LogP contribution in [0.4, 0.5) is 14.9 Å². The Labute approximate surface area is 104 Å². The van der Waals surface area contributed by atoms with Crippen LogP contribution in [0.15, 0.2) is 24.3 Å². The maximum atomic E-state index is 12.8. The third kappa shape index (κ3) is 2.27. The lowest BCUT2D eigenvalue weighted by Gasteiger charge is -2.23. The van der Waals surface area contributed by atoms with Crippen LogP contribution in [0, 0.1) is 5.82 Å². The van der Waals surface area contributed by atoms with Crippen molar-refractivity contribution in [1.29, 1.82) is 0 Å². The Hall–Kier alpha value is -2.11. The molecule has 1 saturated heterocycles. The molecule has 1 aliphatic rings. The van der Waals surface area contributed by atoms with Gasteiger partial charge in [0, 0.05) is 19.8 Å². The zero-order chi connectivity index (χ0) is 13.3. The van der Waals surface area contributed by atoms with Gasteiger partial charge in [0.15, 0.2) is 0 Å². The van der Waals surface area contributed by atoms with Crippen LogP contribution in [0.5, 0.6) is 0 Å². The van der Waals surface area contributed by atoms with Crippen molar-refractivity contribution in [2.45, 2.75) is 0 Å². The topological polar surface area (TPSA) is 43.9 Å². The van der Waals surface area contributed by atoms with Gasteiger partial charge in [0.2, 0.25) is 5.91 Å². The Morgan fingerprint density at radius 3 is 2.44 bits per heavy atom. The molecule has 0 unspecified atom stereocenters. The van der Waals surface area contributed by atoms with E-state index in [0.29, 0.717) is 5.69 Å². The van der Waals surface area contributed by atoms with Gasteiger partial charge >= 0.3 is 6.03 Å². The van der Waals surface area contributed by atoms with Crippen LogP contribution in [0.1, 0.15) is 0 Å². The van der Waals surface area contributed by atoms with Crippen LogP contribution in [0.25, 0.3) is 0 Å². The predicted octanol–water partition coefficient (Wildman–Crippen LogP) is 1.11. The lowest BCUT2D eigenvalue weighted by Crippen LogP contribution is -2.40. The summed E-state index contributed by atoms with van der Waals surface area (Å²) in [6, 6.07) is 5.35. The molecule has 0 bridgehead atoms. The lowest BCUT2D eigenvalue weighted by atomic mass is 10.3. The first-order valence-electron chi connectivity index (χ1n) is 5.51. The molecule has 0 spiro atoms. The number of carbonyl (C=O) groups excluding carboxylic acids is 2. The van der Waals surface area contributed by atoms with Crippen molar-refractivity contribution >= 4 is 17.6 Å². The number of hydrogen-bond donors (Lipinski definition) is 0. The minimum atomic E-state index is -0.351. The molecule has 0 N–H and O–H groups in total. The van der Waals surface area contributed by atoms with Crippen LogP contribution in [0.3, 0.4) is 0 Å². The highest BCUT2D eigenvalue weighted by molar-refractivity contribution is 5.95. The molecule has 5 nitrogen and oxygen atoms in total. The molecule has 2 rings (SSSR count). The average molecular weight is 251 g/mol. The fourth-order valence-electron chi connectivity index (χ4n) is 1.78. The van der Waals surface area contributed by atoms with E-state index in [1.54, 1.807) is 14.1 Å². The fraction of sp³-hybridized carbons (Fsp3) is 0.333. The molecule has 6 heteroatoms. The number of hydrogen-bond acceptors (Lipinski definition) is 2. The standard InChI is InChI=1S/C12H14FN3O2/c1-14-8-16(7-11(14)17)12(18)15(2)10-5-3-9(13)4-6-10/h3-6H,7-8H2,1-2H3. The normalized spacial score (nSPS) is 15.2. The third-order valence-electron chi connectivity index (χ3n) is 2.91. The Morgan fingerprint density at radius 1 is 1.33 bits per heavy atom. The molecule has 0 saturated carbocycles. The van der Waals surface area contributed by atoms with Gasteiger partial charge in [-0.05, 0) is 24.3 Å². The van der Waals surface area contributed by atoms with Crippen molar-refractivity contribution < 1.29 is 14.0 Å². The fourth-order valence-corrected chi connectivity index (χ4v) is 1.78. The maximum Gasteiger partial charge on any atom is 0.326 e. The molecule has 1 aromatic carbocycles. The number of benzene rings is 1. The van der Waals surface area contributed by atoms with Crippen molar-refractivity contribution in [2.75, 3.05) is 32.2 Å². The van der Waals surface area contributed by atoms with E-state index in [1.165, 1.54) is 39.0 Å². The monoisotopic (exact) mass is 251 g/mol. The quantitative estimate of drug-likeness (QED) is 0.750. The van der Waals surface area contributed by atoms with Crippen LogP contribution in [-0.4, -0.2) is 49.0 Å². The lowest BCUT2D eigenvalue weighted by molar-refractivity contribution is -0.125. The van der Waals surface area contributed by atoms with Gasteiger partial charge in [0.1, 0.15) is 12.4 Å². The van der Waals surface area contributed by atoms with Crippen molar-refractivity contribution in [2.24, 2.45) is 0 Å². The Balaban J connectivity index is 2.10. The summed E-state index contributed by atoms with van der Waals surface area (Å²) in [6.45, 7) is 0.365. The van der Waals surface area contributed by atoms with E-state index in [-0.39, 0.29) is 31.0 Å². The van der Waals surface area contributed by atoms with Crippen molar-refractivity contribution in [3.8, 4) is 0 Å². The first-order chi connectivity index (χ1) is 8.49. The molecule has 3 amide bonds. The molecule has 1 aromatic rings. The van der Waals surface area contributed by atoms with Gasteiger partial charge in [-0.3, -0.25) is 14.6 Å². The number of urea groups is 1. The van der Waals surface area contributed by atoms with E-state index >= 15 is 0 Å². The molecule has 0 radical (unpaired) electrons. The molecule has 1 heterocycles. The summed E-state index contributed by atoms with van der Waals surface area (Å²) in [4.78, 5) is 27.8. The molecule has 1 fully saturated rings. The van der Waals surface area contributed by atoms with E-state index in [4.69, 9.17) is 0 Å². The number of halogens is 1. The Morgan fingerprint density at radius 2 is 1.94 bits per heavy atom. The zero-order valence-corrected chi connectivity index (χ0v) is 10.3. The minimum Gasteiger partial charge on any atom is -0.326 e. The number of nitrogens with zero attached hydrogens (tertiary/aromatic N) is 3. The van der Waals surface area contributed by atoms with E-state index in [2.05, 4.69) is 0 Å². The largest absolute Gasteiger partial charge is 0.326 e. The molecular weight excluding hydrogens is 237 g/mol. The van der Waals surface area contributed by atoms with E-state index in [1.807, 2.05) is 0 Å². The van der Waals surface area contributed by atoms with Gasteiger partial charge in [0.05, 0.1) is 6.67 Å². The summed E-state index contributed by atoms with van der Waals surface area (Å²) in [5.74, 6) is -0.438. The van der Waals surface area contributed by atoms with Gasteiger partial charge < -0.3 is 4.90 Å². The second-order valence-corrected chi connectivity index (χ2v) is 4.25. The Kier molecular flexibility index (Phi) is 3.18. The van der Waals surface area contributed by atoms with Crippen molar-refractivity contribution in [3.05, 3.63) is 30.1 Å². The van der Waals surface area contributed by atoms with E-state index in [0.717, 1.165) is 0 Å². The van der Waals surface area contributed by atoms with Crippen molar-refractivity contribution in [3.63, 3.8) is 0 Å². The zero-order valence-electron chi connectivity index (χ0n) is 10.3. The highest BCUT2D eigenvalue weighted by atomic mass is 19.1. The summed E-state index contributed by atoms with van der Waals surface area (Å²) >= 11 is 0. The SMILES string of the molecule is CN1CN(C(=O)N(C)c2ccc(F)cc2)CC1=O. The summed E-state index contributed by atoms with van der Waals surface area (Å²) in [7, 11) is 3.24. The second-order valence-electron chi connectivity index (χ2n) is 4.25. The minimum absolute atomic E-state index is 0.0842. The van der Waals surface area contributed by atoms with Crippen LogP contribution in [-0.2, 0) is 4.79 Å². The predicted molar refractivity (Wildman–Crippen MR) is 64.5 cm³/mol. The molecule has 0 aliphatic carbocycles. The van der Waals surface area contributed by atoms with Crippen LogP contribution in [0.2, 0.25) is 0 Å². The van der Waals surface area contributed by atoms with Crippen LogP contribution < -0.4 is 4.90 Å². The van der Waals surface area contributed by atoms with Crippen LogP contribution >= 0.6 is 0 Å². The number of rotatable bonds is 1.